The predicted molar refractivity (Wildman–Crippen MR) is 106 cm³/mol. The number of urea groups is 1. The van der Waals surface area contributed by atoms with E-state index in [1.54, 1.807) is 0 Å². The molecule has 0 unspecified atom stereocenters. The summed E-state index contributed by atoms with van der Waals surface area (Å²) in [7, 11) is 0. The first-order valence-electron chi connectivity index (χ1n) is 10.2. The van der Waals surface area contributed by atoms with E-state index in [2.05, 4.69) is 42.2 Å². The van der Waals surface area contributed by atoms with Gasteiger partial charge in [0.2, 0.25) is 0 Å². The van der Waals surface area contributed by atoms with E-state index < -0.39 is 0 Å². The van der Waals surface area contributed by atoms with Crippen LogP contribution in [-0.2, 0) is 0 Å². The predicted octanol–water partition coefficient (Wildman–Crippen LogP) is 3.24. The summed E-state index contributed by atoms with van der Waals surface area (Å²) < 4.78 is 0.849. The molecule has 2 saturated carbocycles. The largest absolute Gasteiger partial charge is 0.328 e. The summed E-state index contributed by atoms with van der Waals surface area (Å²) in [5.41, 5.74) is 1.54. The number of hydrogen-bond acceptors (Lipinski definition) is 4. The molecule has 28 heavy (non-hydrogen) atoms. The molecule has 8 heteroatoms. The lowest BCUT2D eigenvalue weighted by atomic mass is 9.57. The van der Waals surface area contributed by atoms with E-state index in [0.717, 1.165) is 55.3 Å². The Balaban J connectivity index is 0.986. The lowest BCUT2D eigenvalue weighted by Crippen LogP contribution is -2.67. The van der Waals surface area contributed by atoms with Gasteiger partial charge in [-0.25, -0.2) is 9.78 Å². The highest BCUT2D eigenvalue weighted by atomic mass is 79.9. The molecule has 4 heterocycles. The summed E-state index contributed by atoms with van der Waals surface area (Å²) in [6, 6.07) is 4.26. The second-order valence-corrected chi connectivity index (χ2v) is 9.94. The Morgan fingerprint density at radius 2 is 1.75 bits per heavy atom. The van der Waals surface area contributed by atoms with Gasteiger partial charge in [0.05, 0.1) is 0 Å². The Kier molecular flexibility index (Phi) is 3.64. The summed E-state index contributed by atoms with van der Waals surface area (Å²) in [5, 5.41) is 8.68. The molecule has 2 aromatic heterocycles. The van der Waals surface area contributed by atoms with Gasteiger partial charge in [0.1, 0.15) is 16.3 Å². The van der Waals surface area contributed by atoms with Gasteiger partial charge in [-0.3, -0.25) is 0 Å². The van der Waals surface area contributed by atoms with Gasteiger partial charge in [0.15, 0.2) is 0 Å². The fourth-order valence-electron chi connectivity index (χ4n) is 5.02. The highest BCUT2D eigenvalue weighted by Gasteiger charge is 2.56. The van der Waals surface area contributed by atoms with Crippen molar-refractivity contribution in [2.24, 2.45) is 5.41 Å². The molecule has 1 N–H and O–H groups in total. The molecule has 2 aromatic rings. The Morgan fingerprint density at radius 3 is 2.39 bits per heavy atom. The minimum atomic E-state index is 0.200. The van der Waals surface area contributed by atoms with E-state index in [4.69, 9.17) is 0 Å². The molecule has 146 valence electrons. The zero-order valence-electron chi connectivity index (χ0n) is 15.6. The third kappa shape index (κ3) is 2.76. The number of aromatic nitrogens is 4. The van der Waals surface area contributed by atoms with E-state index in [1.165, 1.54) is 18.4 Å². The molecule has 4 fully saturated rings. The molecule has 1 spiro atoms. The molecule has 2 aliphatic heterocycles. The van der Waals surface area contributed by atoms with Crippen LogP contribution in [-0.4, -0.2) is 62.2 Å². The van der Waals surface area contributed by atoms with Crippen molar-refractivity contribution in [3.05, 3.63) is 40.1 Å². The van der Waals surface area contributed by atoms with E-state index in [0.29, 0.717) is 23.2 Å². The third-order valence-corrected chi connectivity index (χ3v) is 7.40. The Morgan fingerprint density at radius 1 is 1.04 bits per heavy atom. The Bertz CT molecular complexity index is 903. The summed E-state index contributed by atoms with van der Waals surface area (Å²) in [5.74, 6) is 3.68. The second kappa shape index (κ2) is 6.02. The van der Waals surface area contributed by atoms with Crippen LogP contribution in [0.4, 0.5) is 4.79 Å². The lowest BCUT2D eigenvalue weighted by molar-refractivity contribution is -0.0601. The normalized spacial score (nSPS) is 24.0. The Labute approximate surface area is 172 Å². The van der Waals surface area contributed by atoms with Gasteiger partial charge < -0.3 is 14.8 Å². The number of likely N-dealkylation sites (tertiary alicyclic amines) is 2. The number of rotatable bonds is 3. The zero-order valence-corrected chi connectivity index (χ0v) is 17.2. The quantitative estimate of drug-likeness (QED) is 0.739. The average molecular weight is 443 g/mol. The summed E-state index contributed by atoms with van der Waals surface area (Å²) in [4.78, 5) is 24.4. The van der Waals surface area contributed by atoms with Crippen LogP contribution in [0.5, 0.6) is 0 Å². The van der Waals surface area contributed by atoms with Crippen molar-refractivity contribution in [1.29, 1.82) is 0 Å². The first kappa shape index (κ1) is 16.9. The van der Waals surface area contributed by atoms with Crippen molar-refractivity contribution in [3.8, 4) is 0 Å². The molecule has 2 amide bonds. The standard InChI is InChI=1S/C20H23BrN6O/c21-16-4-3-13(7-22-16)15-8-26(9-15)19(28)27-10-20(11-27)5-14(6-20)18-23-17(24-25-18)12-1-2-12/h3-4,7,12,14-15H,1-2,5-6,8-11H2,(H,23,24,25). The maximum Gasteiger partial charge on any atom is 0.320 e. The van der Waals surface area contributed by atoms with Crippen molar-refractivity contribution < 1.29 is 4.79 Å². The van der Waals surface area contributed by atoms with Crippen LogP contribution in [0.25, 0.3) is 0 Å². The van der Waals surface area contributed by atoms with Gasteiger partial charge in [-0.05, 0) is 53.2 Å². The minimum Gasteiger partial charge on any atom is -0.328 e. The number of amides is 2. The highest BCUT2D eigenvalue weighted by molar-refractivity contribution is 9.10. The zero-order chi connectivity index (χ0) is 18.9. The van der Waals surface area contributed by atoms with Crippen LogP contribution in [0.1, 0.15) is 60.6 Å². The van der Waals surface area contributed by atoms with E-state index >= 15 is 0 Å². The van der Waals surface area contributed by atoms with Crippen LogP contribution in [0.3, 0.4) is 0 Å². The highest BCUT2D eigenvalue weighted by Crippen LogP contribution is 2.56. The topological polar surface area (TPSA) is 78.0 Å². The smallest absolute Gasteiger partial charge is 0.320 e. The molecule has 4 aliphatic rings. The van der Waals surface area contributed by atoms with Gasteiger partial charge in [-0.2, -0.15) is 0 Å². The number of aromatic amines is 1. The summed E-state index contributed by atoms with van der Waals surface area (Å²) in [6.45, 7) is 3.40. The maximum atomic E-state index is 12.7. The van der Waals surface area contributed by atoms with Gasteiger partial charge in [0.25, 0.3) is 0 Å². The number of hydrogen-bond donors (Lipinski definition) is 1. The lowest BCUT2D eigenvalue weighted by Gasteiger charge is -2.59. The van der Waals surface area contributed by atoms with Gasteiger partial charge in [-0.1, -0.05) is 6.07 Å². The van der Waals surface area contributed by atoms with E-state index in [-0.39, 0.29) is 6.03 Å². The van der Waals surface area contributed by atoms with E-state index in [1.807, 2.05) is 22.1 Å². The van der Waals surface area contributed by atoms with Gasteiger partial charge in [-0.15, -0.1) is 10.2 Å². The van der Waals surface area contributed by atoms with Gasteiger partial charge >= 0.3 is 6.03 Å². The molecular weight excluding hydrogens is 420 g/mol. The number of carbonyl (C=O) groups is 1. The van der Waals surface area contributed by atoms with Crippen LogP contribution < -0.4 is 0 Å². The molecule has 0 radical (unpaired) electrons. The van der Waals surface area contributed by atoms with Crippen molar-refractivity contribution in [1.82, 2.24) is 30.0 Å². The van der Waals surface area contributed by atoms with Crippen molar-refractivity contribution in [2.75, 3.05) is 26.2 Å². The maximum absolute atomic E-state index is 12.7. The number of pyridine rings is 1. The minimum absolute atomic E-state index is 0.200. The fraction of sp³-hybridized carbons (Fsp3) is 0.600. The van der Waals surface area contributed by atoms with Crippen LogP contribution >= 0.6 is 15.9 Å². The first-order chi connectivity index (χ1) is 13.6. The Hall–Kier alpha value is -1.96. The molecule has 2 saturated heterocycles. The first-order valence-corrected chi connectivity index (χ1v) is 11.0. The molecule has 7 nitrogen and oxygen atoms in total. The molecule has 6 rings (SSSR count). The van der Waals surface area contributed by atoms with Crippen LogP contribution in [0.2, 0.25) is 0 Å². The molecule has 2 aliphatic carbocycles. The van der Waals surface area contributed by atoms with Crippen molar-refractivity contribution >= 4 is 22.0 Å². The monoisotopic (exact) mass is 442 g/mol. The number of halogens is 1. The molecule has 0 bridgehead atoms. The number of nitrogens with zero attached hydrogens (tertiary/aromatic N) is 5. The molecular formula is C20H23BrN6O. The number of nitrogens with one attached hydrogen (secondary N) is 1. The van der Waals surface area contributed by atoms with Crippen molar-refractivity contribution in [3.63, 3.8) is 0 Å². The summed E-state index contributed by atoms with van der Waals surface area (Å²) >= 11 is 3.37. The number of H-pyrrole nitrogens is 1. The fourth-order valence-corrected chi connectivity index (χ4v) is 5.26. The van der Waals surface area contributed by atoms with Crippen LogP contribution in [0, 0.1) is 5.41 Å². The molecule has 0 aromatic carbocycles. The third-order valence-electron chi connectivity index (χ3n) is 6.93. The summed E-state index contributed by atoms with van der Waals surface area (Å²) in [6.07, 6.45) is 6.65. The SMILES string of the molecule is O=C(N1CC(c2ccc(Br)nc2)C1)N1CC2(CC(c3nnc(C4CC4)[nH]3)C2)C1. The van der Waals surface area contributed by atoms with Crippen LogP contribution in [0.15, 0.2) is 22.9 Å². The average Bonchev–Trinajstić information content (AvgIpc) is 3.31. The number of carbonyl (C=O) groups excluding carboxylic acids is 1. The molecule has 0 atom stereocenters. The van der Waals surface area contributed by atoms with E-state index in [9.17, 15) is 4.79 Å². The van der Waals surface area contributed by atoms with Gasteiger partial charge in [0, 0.05) is 55.5 Å². The van der Waals surface area contributed by atoms with Crippen molar-refractivity contribution in [2.45, 2.75) is 43.4 Å². The second-order valence-electron chi connectivity index (χ2n) is 9.13.